The Balaban J connectivity index is 1.59. The highest BCUT2D eigenvalue weighted by atomic mass is 16.5. The van der Waals surface area contributed by atoms with E-state index in [2.05, 4.69) is 10.1 Å². The molecule has 148 valence electrons. The lowest BCUT2D eigenvalue weighted by atomic mass is 10.2. The summed E-state index contributed by atoms with van der Waals surface area (Å²) in [7, 11) is 3.18. The van der Waals surface area contributed by atoms with Gasteiger partial charge in [-0.1, -0.05) is 11.2 Å². The molecular weight excluding hydrogens is 374 g/mol. The summed E-state index contributed by atoms with van der Waals surface area (Å²) in [5.41, 5.74) is 2.82. The van der Waals surface area contributed by atoms with Gasteiger partial charge in [-0.2, -0.15) is 4.98 Å². The van der Waals surface area contributed by atoms with Crippen LogP contribution in [0.3, 0.4) is 0 Å². The van der Waals surface area contributed by atoms with Gasteiger partial charge in [0.1, 0.15) is 0 Å². The van der Waals surface area contributed by atoms with Crippen molar-refractivity contribution < 1.29 is 18.4 Å². The Bertz CT molecular complexity index is 1250. The first-order valence-electron chi connectivity index (χ1n) is 9.00. The van der Waals surface area contributed by atoms with E-state index in [4.69, 9.17) is 18.4 Å². The standard InChI is InChI=1S/C21H19N3O5/c1-4-24-15-8-7-14(12-17(15)28-21(24)25)20-22-19(29-23-20)10-6-13-5-9-16(26-2)18(11-13)27-3/h5-12H,4H2,1-3H3/b10-6+. The van der Waals surface area contributed by atoms with E-state index in [9.17, 15) is 4.79 Å². The summed E-state index contributed by atoms with van der Waals surface area (Å²) in [5, 5.41) is 4.01. The predicted octanol–water partition coefficient (Wildman–Crippen LogP) is 3.85. The fourth-order valence-electron chi connectivity index (χ4n) is 3.05. The highest BCUT2D eigenvalue weighted by molar-refractivity contribution is 5.79. The average molecular weight is 393 g/mol. The van der Waals surface area contributed by atoms with Gasteiger partial charge >= 0.3 is 5.76 Å². The van der Waals surface area contributed by atoms with Crippen LogP contribution in [0, 0.1) is 0 Å². The van der Waals surface area contributed by atoms with Crippen molar-refractivity contribution in [2.45, 2.75) is 13.5 Å². The number of fused-ring (bicyclic) bond motifs is 1. The van der Waals surface area contributed by atoms with E-state index in [1.165, 1.54) is 0 Å². The quantitative estimate of drug-likeness (QED) is 0.491. The first-order valence-corrected chi connectivity index (χ1v) is 9.00. The zero-order chi connectivity index (χ0) is 20.4. The Morgan fingerprint density at radius 1 is 1.07 bits per heavy atom. The van der Waals surface area contributed by atoms with Gasteiger partial charge in [0.15, 0.2) is 17.1 Å². The number of oxazole rings is 1. The van der Waals surface area contributed by atoms with E-state index < -0.39 is 0 Å². The molecule has 0 aliphatic carbocycles. The predicted molar refractivity (Wildman–Crippen MR) is 108 cm³/mol. The number of hydrogen-bond acceptors (Lipinski definition) is 7. The Morgan fingerprint density at radius 2 is 1.90 bits per heavy atom. The summed E-state index contributed by atoms with van der Waals surface area (Å²) in [4.78, 5) is 16.2. The van der Waals surface area contributed by atoms with Gasteiger partial charge < -0.3 is 18.4 Å². The van der Waals surface area contributed by atoms with Gasteiger partial charge in [0.2, 0.25) is 5.82 Å². The molecule has 0 aliphatic heterocycles. The minimum Gasteiger partial charge on any atom is -0.493 e. The molecule has 0 saturated heterocycles. The zero-order valence-corrected chi connectivity index (χ0v) is 16.2. The third kappa shape index (κ3) is 3.52. The molecule has 0 atom stereocenters. The van der Waals surface area contributed by atoms with E-state index in [1.807, 2.05) is 43.3 Å². The zero-order valence-electron chi connectivity index (χ0n) is 16.2. The molecule has 8 nitrogen and oxygen atoms in total. The second-order valence-corrected chi connectivity index (χ2v) is 6.20. The van der Waals surface area contributed by atoms with Crippen molar-refractivity contribution in [2.24, 2.45) is 0 Å². The largest absolute Gasteiger partial charge is 0.493 e. The molecule has 0 amide bonds. The maximum Gasteiger partial charge on any atom is 0.419 e. The summed E-state index contributed by atoms with van der Waals surface area (Å²) >= 11 is 0. The topological polar surface area (TPSA) is 92.5 Å². The fraction of sp³-hybridized carbons (Fsp3) is 0.190. The van der Waals surface area contributed by atoms with Gasteiger partial charge in [0.25, 0.3) is 5.89 Å². The smallest absolute Gasteiger partial charge is 0.419 e. The molecule has 0 N–H and O–H groups in total. The van der Waals surface area contributed by atoms with Crippen LogP contribution in [-0.2, 0) is 6.54 Å². The van der Waals surface area contributed by atoms with Gasteiger partial charge in [-0.15, -0.1) is 0 Å². The first-order chi connectivity index (χ1) is 14.1. The number of rotatable bonds is 6. The fourth-order valence-corrected chi connectivity index (χ4v) is 3.05. The van der Waals surface area contributed by atoms with Crippen LogP contribution in [0.25, 0.3) is 34.6 Å². The van der Waals surface area contributed by atoms with Crippen molar-refractivity contribution in [1.82, 2.24) is 14.7 Å². The minimum absolute atomic E-state index is 0.350. The molecule has 0 unspecified atom stereocenters. The van der Waals surface area contributed by atoms with E-state index >= 15 is 0 Å². The lowest BCUT2D eigenvalue weighted by molar-refractivity contribution is 0.355. The molecule has 29 heavy (non-hydrogen) atoms. The second-order valence-electron chi connectivity index (χ2n) is 6.20. The van der Waals surface area contributed by atoms with Crippen molar-refractivity contribution in [1.29, 1.82) is 0 Å². The summed E-state index contributed by atoms with van der Waals surface area (Å²) in [6, 6.07) is 10.9. The lowest BCUT2D eigenvalue weighted by Gasteiger charge is -2.07. The average Bonchev–Trinajstić information content (AvgIpc) is 3.34. The minimum atomic E-state index is -0.383. The number of aryl methyl sites for hydroxylation is 1. The highest BCUT2D eigenvalue weighted by Gasteiger charge is 2.12. The molecule has 0 aliphatic rings. The summed E-state index contributed by atoms with van der Waals surface area (Å²) in [5.74, 6) is 1.66. The number of ether oxygens (including phenoxy) is 2. The van der Waals surface area contributed by atoms with Crippen LogP contribution < -0.4 is 15.2 Å². The van der Waals surface area contributed by atoms with Crippen LogP contribution in [0.15, 0.2) is 50.1 Å². The molecule has 0 spiro atoms. The van der Waals surface area contributed by atoms with Crippen molar-refractivity contribution in [3.05, 3.63) is 58.4 Å². The molecule has 2 heterocycles. The summed E-state index contributed by atoms with van der Waals surface area (Å²) in [6.07, 6.45) is 3.55. The molecule has 0 saturated carbocycles. The molecule has 4 rings (SSSR count). The van der Waals surface area contributed by atoms with Gasteiger partial charge in [-0.05, 0) is 48.9 Å². The summed E-state index contributed by atoms with van der Waals surface area (Å²) < 4.78 is 22.7. The third-order valence-electron chi connectivity index (χ3n) is 4.51. The molecule has 2 aromatic carbocycles. The normalized spacial score (nSPS) is 11.4. The molecule has 0 radical (unpaired) electrons. The Hall–Kier alpha value is -3.81. The Morgan fingerprint density at radius 3 is 2.66 bits per heavy atom. The molecule has 4 aromatic rings. The molecular formula is C21H19N3O5. The van der Waals surface area contributed by atoms with Crippen LogP contribution in [-0.4, -0.2) is 28.9 Å². The number of methoxy groups -OCH3 is 2. The van der Waals surface area contributed by atoms with Crippen LogP contribution in [0.5, 0.6) is 11.5 Å². The molecule has 0 bridgehead atoms. The van der Waals surface area contributed by atoms with E-state index in [0.717, 1.165) is 11.1 Å². The number of nitrogens with zero attached hydrogens (tertiary/aromatic N) is 3. The van der Waals surface area contributed by atoms with E-state index in [0.29, 0.717) is 40.9 Å². The Labute approximate surface area is 166 Å². The van der Waals surface area contributed by atoms with E-state index in [1.54, 1.807) is 30.9 Å². The highest BCUT2D eigenvalue weighted by Crippen LogP contribution is 2.28. The molecule has 0 fully saturated rings. The maximum atomic E-state index is 11.8. The van der Waals surface area contributed by atoms with Crippen molar-refractivity contribution >= 4 is 23.3 Å². The van der Waals surface area contributed by atoms with Crippen molar-refractivity contribution in [2.75, 3.05) is 14.2 Å². The monoisotopic (exact) mass is 393 g/mol. The van der Waals surface area contributed by atoms with Crippen molar-refractivity contribution in [3.63, 3.8) is 0 Å². The van der Waals surface area contributed by atoms with Gasteiger partial charge in [0.05, 0.1) is 19.7 Å². The lowest BCUT2D eigenvalue weighted by Crippen LogP contribution is -2.11. The van der Waals surface area contributed by atoms with Crippen LogP contribution in [0.1, 0.15) is 18.4 Å². The van der Waals surface area contributed by atoms with Gasteiger partial charge in [-0.25, -0.2) is 4.79 Å². The van der Waals surface area contributed by atoms with Gasteiger partial charge in [0, 0.05) is 18.2 Å². The van der Waals surface area contributed by atoms with E-state index in [-0.39, 0.29) is 5.76 Å². The number of benzene rings is 2. The maximum absolute atomic E-state index is 11.8. The van der Waals surface area contributed by atoms with Crippen LogP contribution >= 0.6 is 0 Å². The first kappa shape index (κ1) is 18.5. The van der Waals surface area contributed by atoms with Gasteiger partial charge in [-0.3, -0.25) is 4.57 Å². The molecule has 2 aromatic heterocycles. The number of hydrogen-bond donors (Lipinski definition) is 0. The summed E-state index contributed by atoms with van der Waals surface area (Å²) in [6.45, 7) is 2.43. The van der Waals surface area contributed by atoms with Crippen LogP contribution in [0.2, 0.25) is 0 Å². The SMILES string of the molecule is CCn1c(=O)oc2cc(-c3noc(/C=C/c4ccc(OC)c(OC)c4)n3)ccc21. The molecule has 8 heteroatoms. The second kappa shape index (κ2) is 7.67. The van der Waals surface area contributed by atoms with Crippen molar-refractivity contribution in [3.8, 4) is 22.9 Å². The van der Waals surface area contributed by atoms with Crippen LogP contribution in [0.4, 0.5) is 0 Å². The third-order valence-corrected chi connectivity index (χ3v) is 4.51. The number of aromatic nitrogens is 3. The Kier molecular flexibility index (Phi) is 4.90.